The zero-order valence-electron chi connectivity index (χ0n) is 13.7. The average Bonchev–Trinajstić information content (AvgIpc) is 2.92. The number of methoxy groups -OCH3 is 1. The molecule has 1 heterocycles. The van der Waals surface area contributed by atoms with Crippen molar-refractivity contribution in [2.24, 2.45) is 4.99 Å². The van der Waals surface area contributed by atoms with Crippen LogP contribution in [0.25, 0.3) is 0 Å². The van der Waals surface area contributed by atoms with Gasteiger partial charge in [-0.2, -0.15) is 11.8 Å². The highest BCUT2D eigenvalue weighted by Crippen LogP contribution is 2.36. The van der Waals surface area contributed by atoms with E-state index < -0.39 is 0 Å². The Hall–Kier alpha value is -0.460. The van der Waals surface area contributed by atoms with Crippen molar-refractivity contribution in [3.05, 3.63) is 0 Å². The molecule has 0 radical (unpaired) electrons. The molecule has 0 aromatic rings. The highest BCUT2D eigenvalue weighted by atomic mass is 32.2. The molecule has 0 saturated carbocycles. The number of nitrogens with zero attached hydrogens (tertiary/aromatic N) is 1. The van der Waals surface area contributed by atoms with Crippen LogP contribution in [0.1, 0.15) is 32.6 Å². The van der Waals surface area contributed by atoms with Crippen LogP contribution in [0.4, 0.5) is 0 Å². The van der Waals surface area contributed by atoms with E-state index in [-0.39, 0.29) is 0 Å². The van der Waals surface area contributed by atoms with Crippen LogP contribution in [0, 0.1) is 0 Å². The Labute approximate surface area is 133 Å². The van der Waals surface area contributed by atoms with Gasteiger partial charge >= 0.3 is 0 Å². The molecule has 1 atom stereocenters. The molecule has 1 rings (SSSR count). The van der Waals surface area contributed by atoms with Crippen LogP contribution in [-0.4, -0.2) is 63.5 Å². The number of unbranched alkanes of at least 4 members (excludes halogenated alkanes) is 1. The van der Waals surface area contributed by atoms with E-state index in [1.807, 2.05) is 7.05 Å². The van der Waals surface area contributed by atoms with E-state index in [4.69, 9.17) is 9.47 Å². The van der Waals surface area contributed by atoms with E-state index in [1.165, 1.54) is 18.6 Å². The molecular weight excluding hydrogens is 286 g/mol. The van der Waals surface area contributed by atoms with E-state index >= 15 is 0 Å². The molecule has 1 unspecified atom stereocenters. The summed E-state index contributed by atoms with van der Waals surface area (Å²) in [6.07, 6.45) is 4.76. The Balaban J connectivity index is 2.01. The van der Waals surface area contributed by atoms with Crippen LogP contribution in [-0.2, 0) is 9.47 Å². The maximum atomic E-state index is 5.43. The second-order valence-corrected chi connectivity index (χ2v) is 7.25. The second kappa shape index (κ2) is 11.2. The monoisotopic (exact) mass is 317 g/mol. The fraction of sp³-hybridized carbons (Fsp3) is 0.933. The molecule has 0 aromatic carbocycles. The van der Waals surface area contributed by atoms with Gasteiger partial charge in [-0.1, -0.05) is 0 Å². The molecule has 21 heavy (non-hydrogen) atoms. The highest BCUT2D eigenvalue weighted by Gasteiger charge is 2.29. The van der Waals surface area contributed by atoms with Gasteiger partial charge in [-0.3, -0.25) is 4.99 Å². The first-order chi connectivity index (χ1) is 10.2. The smallest absolute Gasteiger partial charge is 0.191 e. The number of rotatable bonds is 10. The number of ether oxygens (including phenoxy) is 2. The van der Waals surface area contributed by atoms with Crippen LogP contribution in [0.5, 0.6) is 0 Å². The Bertz CT molecular complexity index is 295. The number of nitrogens with one attached hydrogen (secondary N) is 2. The van der Waals surface area contributed by atoms with Crippen molar-refractivity contribution in [3.8, 4) is 0 Å². The molecule has 1 fully saturated rings. The van der Waals surface area contributed by atoms with Crippen molar-refractivity contribution in [2.75, 3.05) is 52.8 Å². The van der Waals surface area contributed by atoms with E-state index in [9.17, 15) is 0 Å². The summed E-state index contributed by atoms with van der Waals surface area (Å²) < 4.78 is 10.7. The van der Waals surface area contributed by atoms with Gasteiger partial charge in [-0.15, -0.1) is 0 Å². The number of guanidine groups is 1. The molecule has 2 N–H and O–H groups in total. The molecule has 0 bridgehead atoms. The minimum atomic E-state index is 0.368. The van der Waals surface area contributed by atoms with Gasteiger partial charge in [0, 0.05) is 38.6 Å². The lowest BCUT2D eigenvalue weighted by atomic mass is 10.1. The zero-order chi connectivity index (χ0) is 15.4. The van der Waals surface area contributed by atoms with Crippen LogP contribution in [0.3, 0.4) is 0 Å². The molecule has 1 aliphatic rings. The fourth-order valence-corrected chi connectivity index (χ4v) is 3.49. The lowest BCUT2D eigenvalue weighted by molar-refractivity contribution is 0.0689. The van der Waals surface area contributed by atoms with Crippen molar-refractivity contribution in [3.63, 3.8) is 0 Å². The van der Waals surface area contributed by atoms with Crippen LogP contribution >= 0.6 is 11.8 Å². The van der Waals surface area contributed by atoms with Crippen molar-refractivity contribution in [1.29, 1.82) is 0 Å². The summed E-state index contributed by atoms with van der Waals surface area (Å²) in [7, 11) is 3.52. The predicted molar refractivity (Wildman–Crippen MR) is 91.4 cm³/mol. The van der Waals surface area contributed by atoms with E-state index in [1.54, 1.807) is 7.11 Å². The number of hydrogen-bond donors (Lipinski definition) is 2. The van der Waals surface area contributed by atoms with E-state index in [2.05, 4.69) is 34.3 Å². The molecular formula is C15H31N3O2S. The van der Waals surface area contributed by atoms with Gasteiger partial charge < -0.3 is 20.1 Å². The molecule has 0 aromatic heterocycles. The lowest BCUT2D eigenvalue weighted by Gasteiger charge is -2.24. The summed E-state index contributed by atoms with van der Waals surface area (Å²) in [4.78, 5) is 4.28. The van der Waals surface area contributed by atoms with Gasteiger partial charge in [-0.05, 0) is 38.4 Å². The summed E-state index contributed by atoms with van der Waals surface area (Å²) in [5.41, 5.74) is 0. The third kappa shape index (κ3) is 8.53. The van der Waals surface area contributed by atoms with Crippen molar-refractivity contribution in [1.82, 2.24) is 10.6 Å². The highest BCUT2D eigenvalue weighted by molar-refractivity contribution is 8.00. The number of aliphatic imine (C=N–C) groups is 1. The van der Waals surface area contributed by atoms with Gasteiger partial charge in [-0.25, -0.2) is 0 Å². The fourth-order valence-electron chi connectivity index (χ4n) is 2.25. The summed E-state index contributed by atoms with van der Waals surface area (Å²) >= 11 is 2.07. The first-order valence-electron chi connectivity index (χ1n) is 7.85. The third-order valence-electron chi connectivity index (χ3n) is 3.59. The van der Waals surface area contributed by atoms with Gasteiger partial charge in [0.05, 0.1) is 13.2 Å². The van der Waals surface area contributed by atoms with Crippen molar-refractivity contribution >= 4 is 17.7 Å². The SMILES string of the molecule is CN=C(NCCCCOCCOC)NCC1(C)CCCS1. The van der Waals surface area contributed by atoms with Gasteiger partial charge in [0.25, 0.3) is 0 Å². The van der Waals surface area contributed by atoms with Gasteiger partial charge in [0.15, 0.2) is 5.96 Å². The normalized spacial score (nSPS) is 22.5. The first kappa shape index (κ1) is 18.6. The van der Waals surface area contributed by atoms with Crippen LogP contribution in [0.2, 0.25) is 0 Å². The molecule has 0 amide bonds. The molecule has 0 aliphatic carbocycles. The minimum Gasteiger partial charge on any atom is -0.382 e. The molecule has 1 aliphatic heterocycles. The summed E-state index contributed by atoms with van der Waals surface area (Å²) in [6, 6.07) is 0. The molecule has 6 heteroatoms. The average molecular weight is 317 g/mol. The Morgan fingerprint density at radius 3 is 2.76 bits per heavy atom. The lowest BCUT2D eigenvalue weighted by Crippen LogP contribution is -2.43. The van der Waals surface area contributed by atoms with Crippen molar-refractivity contribution < 1.29 is 9.47 Å². The number of hydrogen-bond acceptors (Lipinski definition) is 4. The van der Waals surface area contributed by atoms with E-state index in [0.717, 1.165) is 38.5 Å². The molecule has 124 valence electrons. The quantitative estimate of drug-likeness (QED) is 0.366. The molecule has 1 saturated heterocycles. The zero-order valence-corrected chi connectivity index (χ0v) is 14.6. The summed E-state index contributed by atoms with van der Waals surface area (Å²) in [5, 5.41) is 6.80. The Morgan fingerprint density at radius 1 is 1.24 bits per heavy atom. The second-order valence-electron chi connectivity index (χ2n) is 5.57. The summed E-state index contributed by atoms with van der Waals surface area (Å²) in [5.74, 6) is 2.19. The topological polar surface area (TPSA) is 54.9 Å². The van der Waals surface area contributed by atoms with Crippen LogP contribution < -0.4 is 10.6 Å². The summed E-state index contributed by atoms with van der Waals surface area (Å²) in [6.45, 7) is 6.40. The van der Waals surface area contributed by atoms with Crippen LogP contribution in [0.15, 0.2) is 4.99 Å². The first-order valence-corrected chi connectivity index (χ1v) is 8.84. The minimum absolute atomic E-state index is 0.368. The maximum Gasteiger partial charge on any atom is 0.191 e. The Morgan fingerprint density at radius 2 is 2.10 bits per heavy atom. The van der Waals surface area contributed by atoms with Crippen molar-refractivity contribution in [2.45, 2.75) is 37.4 Å². The molecule has 5 nitrogen and oxygen atoms in total. The maximum absolute atomic E-state index is 5.43. The van der Waals surface area contributed by atoms with E-state index in [0.29, 0.717) is 18.0 Å². The standard InChI is InChI=1S/C15H31N3O2S/c1-15(7-6-12-21-15)13-18-14(16-2)17-8-4-5-9-20-11-10-19-3/h4-13H2,1-3H3,(H2,16,17,18). The number of thioether (sulfide) groups is 1. The van der Waals surface area contributed by atoms with Gasteiger partial charge in [0.2, 0.25) is 0 Å². The molecule has 0 spiro atoms. The largest absolute Gasteiger partial charge is 0.382 e. The predicted octanol–water partition coefficient (Wildman–Crippen LogP) is 1.88. The van der Waals surface area contributed by atoms with Gasteiger partial charge in [0.1, 0.15) is 0 Å². The third-order valence-corrected chi connectivity index (χ3v) is 5.13. The Kier molecular flexibility index (Phi) is 9.87.